The average molecular weight is 267 g/mol. The van der Waals surface area contributed by atoms with Gasteiger partial charge in [0.05, 0.1) is 0 Å². The molecular weight excluding hydrogens is 254 g/mol. The Hall–Kier alpha value is -1.89. The van der Waals surface area contributed by atoms with Crippen LogP contribution in [-0.2, 0) is 0 Å². The predicted molar refractivity (Wildman–Crippen MR) is 68.2 cm³/mol. The Morgan fingerprint density at radius 3 is 3.00 bits per heavy atom. The summed E-state index contributed by atoms with van der Waals surface area (Å²) in [6.45, 7) is 4.31. The fraction of sp³-hybridized carbons (Fsp3) is 0.364. The Labute approximate surface area is 107 Å². The lowest BCUT2D eigenvalue weighted by molar-refractivity contribution is 0.0944. The van der Waals surface area contributed by atoms with Gasteiger partial charge in [-0.2, -0.15) is 4.98 Å². The lowest BCUT2D eigenvalue weighted by atomic mass is 10.2. The Morgan fingerprint density at radius 2 is 2.33 bits per heavy atom. The van der Waals surface area contributed by atoms with Gasteiger partial charge in [0.15, 0.2) is 10.5 Å². The minimum Gasteiger partial charge on any atom is -0.492 e. The van der Waals surface area contributed by atoms with Gasteiger partial charge in [-0.15, -0.1) is 11.3 Å². The number of thiazole rings is 1. The van der Waals surface area contributed by atoms with Crippen LogP contribution in [0.15, 0.2) is 16.4 Å². The molecule has 2 heterocycles. The fourth-order valence-corrected chi connectivity index (χ4v) is 2.15. The van der Waals surface area contributed by atoms with Crippen molar-refractivity contribution in [3.05, 3.63) is 27.5 Å². The smallest absolute Gasteiger partial charge is 0.275 e. The second kappa shape index (κ2) is 4.77. The van der Waals surface area contributed by atoms with Crippen molar-refractivity contribution in [1.29, 1.82) is 0 Å². The maximum Gasteiger partial charge on any atom is 0.275 e. The third kappa shape index (κ3) is 2.21. The van der Waals surface area contributed by atoms with E-state index in [2.05, 4.69) is 10.3 Å². The quantitative estimate of drug-likeness (QED) is 0.863. The molecule has 0 fully saturated rings. The van der Waals surface area contributed by atoms with Crippen LogP contribution in [0.5, 0.6) is 5.88 Å². The van der Waals surface area contributed by atoms with Gasteiger partial charge in [-0.1, -0.05) is 13.8 Å². The zero-order valence-corrected chi connectivity index (χ0v) is 10.8. The third-order valence-electron chi connectivity index (χ3n) is 2.35. The van der Waals surface area contributed by atoms with E-state index in [0.29, 0.717) is 11.5 Å². The summed E-state index contributed by atoms with van der Waals surface area (Å²) in [6, 6.07) is 0. The summed E-state index contributed by atoms with van der Waals surface area (Å²) in [7, 11) is 0. The normalized spacial score (nSPS) is 11.1. The van der Waals surface area contributed by atoms with Crippen molar-refractivity contribution < 1.29 is 9.90 Å². The summed E-state index contributed by atoms with van der Waals surface area (Å²) >= 11 is 1.21. The number of aromatic nitrogens is 2. The second-order valence-electron chi connectivity index (χ2n) is 4.28. The Bertz CT molecular complexity index is 645. The van der Waals surface area contributed by atoms with Crippen LogP contribution in [-0.4, -0.2) is 26.9 Å². The van der Waals surface area contributed by atoms with Gasteiger partial charge < -0.3 is 10.4 Å². The summed E-state index contributed by atoms with van der Waals surface area (Å²) in [5.41, 5.74) is -0.869. The number of rotatable bonds is 3. The maximum absolute atomic E-state index is 12.0. The van der Waals surface area contributed by atoms with Crippen LogP contribution in [0.2, 0.25) is 0 Å². The molecule has 0 bridgehead atoms. The molecule has 2 aromatic heterocycles. The number of carbonyl (C=O) groups excluding carboxylic acids is 1. The summed E-state index contributed by atoms with van der Waals surface area (Å²) < 4.78 is 1.24. The number of amides is 1. The molecule has 2 rings (SSSR count). The van der Waals surface area contributed by atoms with Crippen LogP contribution in [0, 0.1) is 5.92 Å². The number of nitrogens with zero attached hydrogens (tertiary/aromatic N) is 2. The molecular formula is C11H13N3O3S. The van der Waals surface area contributed by atoms with Crippen molar-refractivity contribution in [3.63, 3.8) is 0 Å². The molecule has 0 aliphatic carbocycles. The molecule has 0 radical (unpaired) electrons. The third-order valence-corrected chi connectivity index (χ3v) is 3.10. The van der Waals surface area contributed by atoms with Gasteiger partial charge in [0, 0.05) is 18.1 Å². The molecule has 2 N–H and O–H groups in total. The zero-order valence-electron chi connectivity index (χ0n) is 10.0. The van der Waals surface area contributed by atoms with Gasteiger partial charge in [-0.05, 0) is 5.92 Å². The molecule has 0 spiro atoms. The maximum atomic E-state index is 12.0. The van der Waals surface area contributed by atoms with Crippen LogP contribution in [0.3, 0.4) is 0 Å². The standard InChI is InChI=1S/C11H13N3O3S/c1-6(2)5-12-8(15)7-9(16)13-11-14(10(7)17)3-4-18-11/h3-4,6,16H,5H2,1-2H3,(H,12,15). The van der Waals surface area contributed by atoms with Crippen LogP contribution in [0.4, 0.5) is 0 Å². The minimum atomic E-state index is -0.598. The lowest BCUT2D eigenvalue weighted by Gasteiger charge is -2.08. The highest BCUT2D eigenvalue weighted by Crippen LogP contribution is 2.14. The Balaban J connectivity index is 2.44. The van der Waals surface area contributed by atoms with Gasteiger partial charge in [-0.3, -0.25) is 14.0 Å². The van der Waals surface area contributed by atoms with Crippen molar-refractivity contribution in [3.8, 4) is 5.88 Å². The second-order valence-corrected chi connectivity index (χ2v) is 5.15. The highest BCUT2D eigenvalue weighted by molar-refractivity contribution is 7.15. The first kappa shape index (κ1) is 12.6. The van der Waals surface area contributed by atoms with Crippen molar-refractivity contribution in [2.75, 3.05) is 6.54 Å². The number of hydrogen-bond acceptors (Lipinski definition) is 5. The van der Waals surface area contributed by atoms with Crippen molar-refractivity contribution in [1.82, 2.24) is 14.7 Å². The van der Waals surface area contributed by atoms with E-state index in [1.165, 1.54) is 21.9 Å². The van der Waals surface area contributed by atoms with Crippen LogP contribution in [0.1, 0.15) is 24.2 Å². The molecule has 6 nitrogen and oxygen atoms in total. The summed E-state index contributed by atoms with van der Waals surface area (Å²) in [5, 5.41) is 13.9. The predicted octanol–water partition coefficient (Wildman–Crippen LogP) is 0.847. The Kier molecular flexibility index (Phi) is 3.33. The van der Waals surface area contributed by atoms with E-state index in [1.54, 1.807) is 5.38 Å². The monoisotopic (exact) mass is 267 g/mol. The molecule has 0 saturated carbocycles. The zero-order chi connectivity index (χ0) is 13.3. The number of fused-ring (bicyclic) bond motifs is 1. The minimum absolute atomic E-state index is 0.261. The summed E-state index contributed by atoms with van der Waals surface area (Å²) in [5.74, 6) is -0.861. The van der Waals surface area contributed by atoms with Gasteiger partial charge in [0.1, 0.15) is 0 Å². The van der Waals surface area contributed by atoms with Crippen LogP contribution in [0.25, 0.3) is 4.96 Å². The molecule has 0 atom stereocenters. The SMILES string of the molecule is CC(C)CNC(=O)c1c(O)nc2sccn2c1=O. The highest BCUT2D eigenvalue weighted by atomic mass is 32.1. The summed E-state index contributed by atoms with van der Waals surface area (Å²) in [6.07, 6.45) is 1.52. The number of hydrogen-bond donors (Lipinski definition) is 2. The number of nitrogens with one attached hydrogen (secondary N) is 1. The van der Waals surface area contributed by atoms with E-state index in [-0.39, 0.29) is 11.5 Å². The van der Waals surface area contributed by atoms with Gasteiger partial charge in [0.2, 0.25) is 5.88 Å². The molecule has 0 saturated heterocycles. The van der Waals surface area contributed by atoms with E-state index < -0.39 is 17.3 Å². The molecule has 2 aromatic rings. The fourth-order valence-electron chi connectivity index (χ4n) is 1.45. The topological polar surface area (TPSA) is 83.7 Å². The van der Waals surface area contributed by atoms with Crippen LogP contribution >= 0.6 is 11.3 Å². The van der Waals surface area contributed by atoms with E-state index in [1.807, 2.05) is 13.8 Å². The molecule has 0 unspecified atom stereocenters. The molecule has 1 amide bonds. The number of aromatic hydroxyl groups is 1. The first-order chi connectivity index (χ1) is 8.50. The van der Waals surface area contributed by atoms with Crippen molar-refractivity contribution in [2.45, 2.75) is 13.8 Å². The van der Waals surface area contributed by atoms with Gasteiger partial charge in [0.25, 0.3) is 11.5 Å². The number of carbonyl (C=O) groups is 1. The first-order valence-electron chi connectivity index (χ1n) is 5.47. The summed E-state index contributed by atoms with van der Waals surface area (Å²) in [4.78, 5) is 28.0. The molecule has 0 aliphatic heterocycles. The van der Waals surface area contributed by atoms with Gasteiger partial charge >= 0.3 is 0 Å². The lowest BCUT2D eigenvalue weighted by Crippen LogP contribution is -2.33. The molecule has 96 valence electrons. The van der Waals surface area contributed by atoms with E-state index in [0.717, 1.165) is 0 Å². The van der Waals surface area contributed by atoms with E-state index >= 15 is 0 Å². The molecule has 0 aliphatic rings. The Morgan fingerprint density at radius 1 is 1.61 bits per heavy atom. The van der Waals surface area contributed by atoms with Crippen LogP contribution < -0.4 is 10.9 Å². The van der Waals surface area contributed by atoms with Crippen molar-refractivity contribution >= 4 is 22.2 Å². The van der Waals surface area contributed by atoms with Gasteiger partial charge in [-0.25, -0.2) is 0 Å². The van der Waals surface area contributed by atoms with E-state index in [4.69, 9.17) is 0 Å². The molecule has 7 heteroatoms. The highest BCUT2D eigenvalue weighted by Gasteiger charge is 2.19. The van der Waals surface area contributed by atoms with E-state index in [9.17, 15) is 14.7 Å². The average Bonchev–Trinajstić information content (AvgIpc) is 2.74. The largest absolute Gasteiger partial charge is 0.492 e. The molecule has 18 heavy (non-hydrogen) atoms. The molecule has 0 aromatic carbocycles. The first-order valence-corrected chi connectivity index (χ1v) is 6.35. The van der Waals surface area contributed by atoms with Crippen molar-refractivity contribution in [2.24, 2.45) is 5.92 Å².